The molecule has 9 nitrogen and oxygen atoms in total. The maximum absolute atomic E-state index is 14.4. The van der Waals surface area contributed by atoms with E-state index in [-0.39, 0.29) is 23.1 Å². The Labute approximate surface area is 188 Å². The quantitative estimate of drug-likeness (QED) is 0.464. The Morgan fingerprint density at radius 3 is 2.55 bits per heavy atom. The lowest BCUT2D eigenvalue weighted by molar-refractivity contribution is 0.101. The van der Waals surface area contributed by atoms with Gasteiger partial charge >= 0.3 is 0 Å². The van der Waals surface area contributed by atoms with E-state index >= 15 is 0 Å². The lowest BCUT2D eigenvalue weighted by atomic mass is 10.1. The van der Waals surface area contributed by atoms with Gasteiger partial charge in [0.2, 0.25) is 0 Å². The van der Waals surface area contributed by atoms with Gasteiger partial charge in [0.05, 0.1) is 5.56 Å². The first-order valence-corrected chi connectivity index (χ1v) is 10.1. The summed E-state index contributed by atoms with van der Waals surface area (Å²) in [7, 11) is 0. The number of benzene rings is 1. The lowest BCUT2D eigenvalue weighted by Gasteiger charge is -2.11. The van der Waals surface area contributed by atoms with Crippen LogP contribution in [0.15, 0.2) is 67.3 Å². The fourth-order valence-electron chi connectivity index (χ4n) is 3.10. The summed E-state index contributed by atoms with van der Waals surface area (Å²) < 4.78 is 16.3. The molecule has 0 aliphatic rings. The van der Waals surface area contributed by atoms with E-state index in [0.717, 1.165) is 6.07 Å². The summed E-state index contributed by atoms with van der Waals surface area (Å²) in [5, 5.41) is 13.3. The molecule has 33 heavy (non-hydrogen) atoms. The first kappa shape index (κ1) is 21.8. The zero-order valence-electron chi connectivity index (χ0n) is 17.9. The standard InChI is InChI=1S/C23H20FN7O2/c1-14(2)31-13-26-30-21(31)19-4-3-5-20(28-19)29-23(33)17-12-16(6-7-18(17)24)27-22(32)15-8-10-25-11-9-15/h3-14H,1-2H3,(H,27,32)(H,28,29,33). The highest BCUT2D eigenvalue weighted by atomic mass is 19.1. The third-order valence-electron chi connectivity index (χ3n) is 4.76. The molecule has 0 spiro atoms. The van der Waals surface area contributed by atoms with Gasteiger partial charge < -0.3 is 15.2 Å². The normalized spacial score (nSPS) is 10.8. The van der Waals surface area contributed by atoms with E-state index in [1.165, 1.54) is 24.5 Å². The highest BCUT2D eigenvalue weighted by Crippen LogP contribution is 2.21. The van der Waals surface area contributed by atoms with Gasteiger partial charge in [-0.2, -0.15) is 0 Å². The van der Waals surface area contributed by atoms with E-state index in [0.29, 0.717) is 17.1 Å². The molecule has 0 aliphatic heterocycles. The highest BCUT2D eigenvalue weighted by molar-refractivity contribution is 6.07. The SMILES string of the molecule is CC(C)n1cnnc1-c1cccc(NC(=O)c2cc(NC(=O)c3ccncc3)ccc2F)n1. The van der Waals surface area contributed by atoms with E-state index in [2.05, 4.69) is 30.8 Å². The molecular formula is C23H20FN7O2. The second-order valence-corrected chi connectivity index (χ2v) is 7.40. The van der Waals surface area contributed by atoms with Gasteiger partial charge in [-0.1, -0.05) is 6.07 Å². The summed E-state index contributed by atoms with van der Waals surface area (Å²) in [5.41, 5.74) is 0.934. The van der Waals surface area contributed by atoms with Crippen molar-refractivity contribution in [3.05, 3.63) is 84.2 Å². The predicted molar refractivity (Wildman–Crippen MR) is 120 cm³/mol. The Balaban J connectivity index is 1.54. The lowest BCUT2D eigenvalue weighted by Crippen LogP contribution is -2.17. The van der Waals surface area contributed by atoms with Crippen LogP contribution in [0.1, 0.15) is 40.6 Å². The second kappa shape index (κ2) is 9.35. The zero-order valence-corrected chi connectivity index (χ0v) is 17.9. The van der Waals surface area contributed by atoms with Gasteiger partial charge in [-0.3, -0.25) is 14.6 Å². The minimum atomic E-state index is -0.731. The van der Waals surface area contributed by atoms with Crippen molar-refractivity contribution in [2.45, 2.75) is 19.9 Å². The largest absolute Gasteiger partial charge is 0.322 e. The van der Waals surface area contributed by atoms with Gasteiger partial charge in [-0.05, 0) is 56.3 Å². The third-order valence-corrected chi connectivity index (χ3v) is 4.76. The predicted octanol–water partition coefficient (Wildman–Crippen LogP) is 3.96. The van der Waals surface area contributed by atoms with Gasteiger partial charge in [-0.25, -0.2) is 9.37 Å². The Morgan fingerprint density at radius 1 is 1.00 bits per heavy atom. The summed E-state index contributed by atoms with van der Waals surface area (Å²) in [6.45, 7) is 3.98. The molecule has 2 amide bonds. The van der Waals surface area contributed by atoms with Crippen molar-refractivity contribution in [1.82, 2.24) is 24.7 Å². The van der Waals surface area contributed by atoms with Crippen LogP contribution in [0.4, 0.5) is 15.9 Å². The molecule has 2 N–H and O–H groups in total. The number of carbonyl (C=O) groups excluding carboxylic acids is 2. The fourth-order valence-corrected chi connectivity index (χ4v) is 3.10. The number of amides is 2. The molecule has 0 atom stereocenters. The number of pyridine rings is 2. The molecule has 1 aromatic carbocycles. The van der Waals surface area contributed by atoms with Gasteiger partial charge in [-0.15, -0.1) is 10.2 Å². The van der Waals surface area contributed by atoms with Gasteiger partial charge in [0, 0.05) is 29.7 Å². The Kier molecular flexibility index (Phi) is 6.16. The summed E-state index contributed by atoms with van der Waals surface area (Å²) in [6.07, 6.45) is 4.58. The molecule has 0 unspecified atom stereocenters. The van der Waals surface area contributed by atoms with Crippen molar-refractivity contribution < 1.29 is 14.0 Å². The van der Waals surface area contributed by atoms with Crippen LogP contribution in [0.2, 0.25) is 0 Å². The summed E-state index contributed by atoms with van der Waals surface area (Å²) in [4.78, 5) is 33.4. The molecule has 166 valence electrons. The summed E-state index contributed by atoms with van der Waals surface area (Å²) in [5.74, 6) is -1.07. The molecule has 0 saturated carbocycles. The molecule has 3 aromatic heterocycles. The molecule has 0 radical (unpaired) electrons. The Hall–Kier alpha value is -4.47. The van der Waals surface area contributed by atoms with Crippen molar-refractivity contribution >= 4 is 23.3 Å². The van der Waals surface area contributed by atoms with E-state index in [9.17, 15) is 14.0 Å². The molecule has 4 rings (SSSR count). The van der Waals surface area contributed by atoms with Gasteiger partial charge in [0.25, 0.3) is 11.8 Å². The molecule has 3 heterocycles. The Morgan fingerprint density at radius 2 is 1.79 bits per heavy atom. The number of aromatic nitrogens is 5. The van der Waals surface area contributed by atoms with Crippen LogP contribution < -0.4 is 10.6 Å². The van der Waals surface area contributed by atoms with E-state index in [1.54, 1.807) is 36.7 Å². The number of hydrogen-bond donors (Lipinski definition) is 2. The van der Waals surface area contributed by atoms with E-state index in [1.807, 2.05) is 18.4 Å². The zero-order chi connectivity index (χ0) is 23.4. The molecule has 0 aliphatic carbocycles. The summed E-state index contributed by atoms with van der Waals surface area (Å²) in [6, 6.07) is 12.0. The smallest absolute Gasteiger partial charge is 0.259 e. The highest BCUT2D eigenvalue weighted by Gasteiger charge is 2.16. The van der Waals surface area contributed by atoms with Crippen LogP contribution in [0.25, 0.3) is 11.5 Å². The minimum Gasteiger partial charge on any atom is -0.322 e. The fraction of sp³-hybridized carbons (Fsp3) is 0.130. The number of rotatable bonds is 6. The first-order chi connectivity index (χ1) is 15.9. The molecule has 4 aromatic rings. The Bertz CT molecular complexity index is 1310. The topological polar surface area (TPSA) is 115 Å². The summed E-state index contributed by atoms with van der Waals surface area (Å²) >= 11 is 0. The van der Waals surface area contributed by atoms with Crippen LogP contribution in [-0.2, 0) is 0 Å². The van der Waals surface area contributed by atoms with Gasteiger partial charge in [0.1, 0.15) is 23.7 Å². The molecule has 0 bridgehead atoms. The average molecular weight is 445 g/mol. The first-order valence-electron chi connectivity index (χ1n) is 10.1. The maximum atomic E-state index is 14.4. The number of halogens is 1. The van der Waals surface area contributed by atoms with Crippen molar-refractivity contribution in [1.29, 1.82) is 0 Å². The number of anilines is 2. The van der Waals surface area contributed by atoms with Crippen LogP contribution in [0.3, 0.4) is 0 Å². The molecule has 0 fully saturated rings. The van der Waals surface area contributed by atoms with Crippen LogP contribution in [0.5, 0.6) is 0 Å². The molecule has 0 saturated heterocycles. The number of carbonyl (C=O) groups is 2. The minimum absolute atomic E-state index is 0.120. The van der Waals surface area contributed by atoms with Crippen molar-refractivity contribution in [2.24, 2.45) is 0 Å². The molecule has 10 heteroatoms. The van der Waals surface area contributed by atoms with Crippen LogP contribution in [-0.4, -0.2) is 36.5 Å². The van der Waals surface area contributed by atoms with Crippen LogP contribution >= 0.6 is 0 Å². The van der Waals surface area contributed by atoms with Crippen molar-refractivity contribution in [3.8, 4) is 11.5 Å². The van der Waals surface area contributed by atoms with E-state index < -0.39 is 17.6 Å². The number of nitrogens with zero attached hydrogens (tertiary/aromatic N) is 5. The van der Waals surface area contributed by atoms with Crippen molar-refractivity contribution in [2.75, 3.05) is 10.6 Å². The molecular weight excluding hydrogens is 425 g/mol. The van der Waals surface area contributed by atoms with E-state index in [4.69, 9.17) is 0 Å². The monoisotopic (exact) mass is 445 g/mol. The van der Waals surface area contributed by atoms with Gasteiger partial charge in [0.15, 0.2) is 5.82 Å². The number of hydrogen-bond acceptors (Lipinski definition) is 6. The van der Waals surface area contributed by atoms with Crippen LogP contribution in [0, 0.1) is 5.82 Å². The third kappa shape index (κ3) is 4.90. The number of nitrogens with one attached hydrogen (secondary N) is 2. The second-order valence-electron chi connectivity index (χ2n) is 7.40. The maximum Gasteiger partial charge on any atom is 0.259 e. The average Bonchev–Trinajstić information content (AvgIpc) is 3.31. The van der Waals surface area contributed by atoms with Crippen molar-refractivity contribution in [3.63, 3.8) is 0 Å².